The third-order valence-electron chi connectivity index (χ3n) is 1.07. The summed E-state index contributed by atoms with van der Waals surface area (Å²) in [4.78, 5) is 19.3. The van der Waals surface area contributed by atoms with E-state index in [1.165, 1.54) is 12.2 Å². The molecule has 0 radical (unpaired) electrons. The maximum Gasteiger partial charge on any atom is 1.00 e. The molecule has 0 aliphatic heterocycles. The fourth-order valence-electron chi connectivity index (χ4n) is 0.490. The largest absolute Gasteiger partial charge is 1.00 e. The van der Waals surface area contributed by atoms with Crippen molar-refractivity contribution in [2.24, 2.45) is 0 Å². The molecule has 0 aliphatic carbocycles. The number of aliphatic carboxylic acids is 2. The molecule has 4 nitrogen and oxygen atoms in total. The Balaban J connectivity index is -0.0000000980. The van der Waals surface area contributed by atoms with Crippen LogP contribution in [-0.4, -0.2) is 11.9 Å². The zero-order chi connectivity index (χ0) is 12.8. The first kappa shape index (κ1) is 27.0. The summed E-state index contributed by atoms with van der Waals surface area (Å²) < 4.78 is 0. The van der Waals surface area contributed by atoms with Gasteiger partial charge in [0, 0.05) is 0 Å². The molecule has 0 aromatic heterocycles. The van der Waals surface area contributed by atoms with Crippen molar-refractivity contribution in [1.29, 1.82) is 0 Å². The van der Waals surface area contributed by atoms with Crippen molar-refractivity contribution in [3.8, 4) is 0 Å². The van der Waals surface area contributed by atoms with E-state index in [1.807, 2.05) is 0 Å². The quantitative estimate of drug-likeness (QED) is 0.292. The maximum absolute atomic E-state index is 9.64. The average Bonchev–Trinajstić information content (AvgIpc) is 2.18. The second-order valence-corrected chi connectivity index (χ2v) is 2.41. The summed E-state index contributed by atoms with van der Waals surface area (Å²) in [5.41, 5.74) is 0. The molecule has 88 valence electrons. The molecule has 0 saturated heterocycles. The van der Waals surface area contributed by atoms with Gasteiger partial charge in [-0.05, 0) is 26.0 Å². The molecule has 0 atom stereocenters. The first-order valence-electron chi connectivity index (χ1n) is 4.55. The molecular formula is C12H14KNaO4. The van der Waals surface area contributed by atoms with E-state index < -0.39 is 11.9 Å². The van der Waals surface area contributed by atoms with Crippen LogP contribution in [0.1, 0.15) is 13.8 Å². The minimum Gasteiger partial charge on any atom is -0.545 e. The van der Waals surface area contributed by atoms with E-state index in [0.29, 0.717) is 0 Å². The van der Waals surface area contributed by atoms with Gasteiger partial charge < -0.3 is 19.8 Å². The minimum atomic E-state index is -1.16. The third-order valence-corrected chi connectivity index (χ3v) is 1.07. The molecule has 0 saturated carbocycles. The van der Waals surface area contributed by atoms with Crippen molar-refractivity contribution >= 4 is 11.9 Å². The van der Waals surface area contributed by atoms with Gasteiger partial charge in [-0.2, -0.15) is 0 Å². The predicted molar refractivity (Wildman–Crippen MR) is 57.9 cm³/mol. The van der Waals surface area contributed by atoms with Gasteiger partial charge in [-0.25, -0.2) is 0 Å². The zero-order valence-electron chi connectivity index (χ0n) is 11.3. The second-order valence-electron chi connectivity index (χ2n) is 2.41. The number of carbonyl (C=O) groups excluding carboxylic acids is 2. The van der Waals surface area contributed by atoms with Crippen LogP contribution in [0, 0.1) is 0 Å². The van der Waals surface area contributed by atoms with Crippen LogP contribution >= 0.6 is 0 Å². The summed E-state index contributed by atoms with van der Waals surface area (Å²) in [5.74, 6) is -2.33. The Hall–Kier alpha value is 0.536. The van der Waals surface area contributed by atoms with Gasteiger partial charge in [-0.3, -0.25) is 0 Å². The Labute approximate surface area is 172 Å². The summed E-state index contributed by atoms with van der Waals surface area (Å²) in [6.07, 6.45) is 11.5. The molecule has 0 bridgehead atoms. The molecule has 0 aliphatic rings. The average molecular weight is 284 g/mol. The number of carbonyl (C=O) groups is 2. The van der Waals surface area contributed by atoms with Gasteiger partial charge in [0.2, 0.25) is 0 Å². The van der Waals surface area contributed by atoms with E-state index in [0.717, 1.165) is 12.2 Å². The first-order valence-corrected chi connectivity index (χ1v) is 4.55. The molecule has 0 amide bonds. The van der Waals surface area contributed by atoms with Crippen LogP contribution in [0.4, 0.5) is 0 Å². The number of carboxylic acids is 2. The van der Waals surface area contributed by atoms with Gasteiger partial charge in [0.15, 0.2) is 0 Å². The molecule has 0 N–H and O–H groups in total. The Morgan fingerprint density at radius 3 is 1.22 bits per heavy atom. The van der Waals surface area contributed by atoms with E-state index in [9.17, 15) is 19.8 Å². The standard InChI is InChI=1S/2C6H8O2.K.Na/c2*1-2-3-4-5-6(7)8;;/h2*2-5H,1H3,(H,7,8);;/q;;2*+1/p-2/b2*3-2+,5-4+;;. The van der Waals surface area contributed by atoms with Crippen molar-refractivity contribution in [2.45, 2.75) is 13.8 Å². The SMILES string of the molecule is C/C=C/C=C/C(=O)[O-].C/C=C/C=C/C(=O)[O-].[K+].[Na+]. The van der Waals surface area contributed by atoms with E-state index in [2.05, 4.69) is 0 Å². The molecule has 0 unspecified atom stereocenters. The number of hydrogen-bond acceptors (Lipinski definition) is 4. The summed E-state index contributed by atoms with van der Waals surface area (Å²) in [5, 5.41) is 19.3. The van der Waals surface area contributed by atoms with Crippen molar-refractivity contribution in [1.82, 2.24) is 0 Å². The number of rotatable bonds is 4. The summed E-state index contributed by atoms with van der Waals surface area (Å²) >= 11 is 0. The maximum atomic E-state index is 9.64. The predicted octanol–water partition coefficient (Wildman–Crippen LogP) is -6.25. The Bertz CT molecular complexity index is 288. The Morgan fingerprint density at radius 1 is 0.778 bits per heavy atom. The van der Waals surface area contributed by atoms with Crippen LogP contribution in [0.15, 0.2) is 48.6 Å². The summed E-state index contributed by atoms with van der Waals surface area (Å²) in [6, 6.07) is 0. The fourth-order valence-corrected chi connectivity index (χ4v) is 0.490. The van der Waals surface area contributed by atoms with Crippen LogP contribution in [0.3, 0.4) is 0 Å². The zero-order valence-corrected chi connectivity index (χ0v) is 16.4. The monoisotopic (exact) mass is 284 g/mol. The smallest absolute Gasteiger partial charge is 0.545 e. The van der Waals surface area contributed by atoms with Gasteiger partial charge in [0.1, 0.15) is 0 Å². The van der Waals surface area contributed by atoms with E-state index in [-0.39, 0.29) is 80.9 Å². The van der Waals surface area contributed by atoms with Crippen molar-refractivity contribution in [3.63, 3.8) is 0 Å². The first-order chi connectivity index (χ1) is 7.54. The third kappa shape index (κ3) is 36.0. The van der Waals surface area contributed by atoms with Gasteiger partial charge >= 0.3 is 80.9 Å². The van der Waals surface area contributed by atoms with Crippen LogP contribution in [0.2, 0.25) is 0 Å². The van der Waals surface area contributed by atoms with Crippen LogP contribution in [0.25, 0.3) is 0 Å². The fraction of sp³-hybridized carbons (Fsp3) is 0.167. The molecule has 0 rings (SSSR count). The Kier molecular flexibility index (Phi) is 34.0. The molecule has 0 fully saturated rings. The van der Waals surface area contributed by atoms with Gasteiger partial charge in [0.25, 0.3) is 0 Å². The molecule has 0 spiro atoms. The molecule has 6 heteroatoms. The van der Waals surface area contributed by atoms with E-state index in [4.69, 9.17) is 0 Å². The van der Waals surface area contributed by atoms with Crippen molar-refractivity contribution in [2.75, 3.05) is 0 Å². The molecule has 0 heterocycles. The van der Waals surface area contributed by atoms with Gasteiger partial charge in [-0.1, -0.05) is 36.5 Å². The number of allylic oxidation sites excluding steroid dienone is 6. The van der Waals surface area contributed by atoms with E-state index in [1.54, 1.807) is 38.2 Å². The van der Waals surface area contributed by atoms with Crippen LogP contribution < -0.4 is 91.2 Å². The van der Waals surface area contributed by atoms with Gasteiger partial charge in [0.05, 0.1) is 11.9 Å². The molecule has 0 aromatic carbocycles. The van der Waals surface area contributed by atoms with Crippen molar-refractivity contribution < 1.29 is 101 Å². The van der Waals surface area contributed by atoms with E-state index >= 15 is 0 Å². The normalized spacial score (nSPS) is 9.89. The minimum absolute atomic E-state index is 0. The van der Waals surface area contributed by atoms with Crippen LogP contribution in [-0.2, 0) is 9.59 Å². The summed E-state index contributed by atoms with van der Waals surface area (Å²) in [6.45, 7) is 3.61. The molecule has 0 aromatic rings. The second kappa shape index (κ2) is 22.7. The summed E-state index contributed by atoms with van der Waals surface area (Å²) in [7, 11) is 0. The molecule has 18 heavy (non-hydrogen) atoms. The topological polar surface area (TPSA) is 80.3 Å². The number of carboxylic acid groups (broad SMARTS) is 2. The Morgan fingerprint density at radius 2 is 1.06 bits per heavy atom. The van der Waals surface area contributed by atoms with Crippen molar-refractivity contribution in [3.05, 3.63) is 48.6 Å². The van der Waals surface area contributed by atoms with Crippen LogP contribution in [0.5, 0.6) is 0 Å². The number of hydrogen-bond donors (Lipinski definition) is 0. The van der Waals surface area contributed by atoms with Gasteiger partial charge in [-0.15, -0.1) is 0 Å². The molecular weight excluding hydrogens is 270 g/mol.